The van der Waals surface area contributed by atoms with Crippen molar-refractivity contribution in [1.29, 1.82) is 0 Å². The summed E-state index contributed by atoms with van der Waals surface area (Å²) in [4.78, 5) is 21.2. The van der Waals surface area contributed by atoms with E-state index in [0.29, 0.717) is 23.5 Å². The number of rotatable bonds is 4. The van der Waals surface area contributed by atoms with Crippen molar-refractivity contribution in [3.8, 4) is 0 Å². The van der Waals surface area contributed by atoms with E-state index in [0.717, 1.165) is 22.7 Å². The lowest BCUT2D eigenvalue weighted by molar-refractivity contribution is -0.419. The lowest BCUT2D eigenvalue weighted by Crippen LogP contribution is -2.23. The summed E-state index contributed by atoms with van der Waals surface area (Å²) < 4.78 is 0. The minimum absolute atomic E-state index is 0.00441. The van der Waals surface area contributed by atoms with E-state index in [-0.39, 0.29) is 16.5 Å². The SMILES string of the molecule is CC1=CC(Cc2cccc(C3CCC3)n2)C2=Nc3ccccc3C2=C1[N+](=O)[O-]. The van der Waals surface area contributed by atoms with Crippen molar-refractivity contribution in [2.45, 2.75) is 38.5 Å². The van der Waals surface area contributed by atoms with Crippen LogP contribution >= 0.6 is 0 Å². The summed E-state index contributed by atoms with van der Waals surface area (Å²) in [7, 11) is 0. The van der Waals surface area contributed by atoms with Crippen LogP contribution in [-0.2, 0) is 6.42 Å². The van der Waals surface area contributed by atoms with Crippen LogP contribution in [0.5, 0.6) is 0 Å². The van der Waals surface area contributed by atoms with E-state index < -0.39 is 0 Å². The molecular weight excluding hydrogens is 350 g/mol. The maximum absolute atomic E-state index is 11.8. The predicted octanol–water partition coefficient (Wildman–Crippen LogP) is 5.24. The molecule has 0 spiro atoms. The van der Waals surface area contributed by atoms with Crippen molar-refractivity contribution in [3.05, 3.63) is 86.9 Å². The van der Waals surface area contributed by atoms with Crippen LogP contribution in [0.1, 0.15) is 49.1 Å². The molecule has 0 saturated heterocycles. The maximum Gasteiger partial charge on any atom is 0.281 e. The Morgan fingerprint density at radius 2 is 1.96 bits per heavy atom. The lowest BCUT2D eigenvalue weighted by Gasteiger charge is -2.25. The second kappa shape index (κ2) is 6.51. The van der Waals surface area contributed by atoms with Crippen LogP contribution in [0.3, 0.4) is 0 Å². The Morgan fingerprint density at radius 3 is 2.71 bits per heavy atom. The molecule has 28 heavy (non-hydrogen) atoms. The summed E-state index contributed by atoms with van der Waals surface area (Å²) in [5.41, 5.74) is 6.25. The zero-order valence-corrected chi connectivity index (χ0v) is 15.8. The number of allylic oxidation sites excluding steroid dienone is 3. The van der Waals surface area contributed by atoms with Gasteiger partial charge in [0.15, 0.2) is 0 Å². The molecule has 5 nitrogen and oxygen atoms in total. The number of aliphatic imine (C=N–C) groups is 1. The fourth-order valence-electron chi connectivity index (χ4n) is 4.44. The van der Waals surface area contributed by atoms with Crippen LogP contribution in [0.15, 0.2) is 64.8 Å². The number of aromatic nitrogens is 1. The first kappa shape index (κ1) is 17.0. The topological polar surface area (TPSA) is 68.4 Å². The van der Waals surface area contributed by atoms with Gasteiger partial charge in [-0.15, -0.1) is 0 Å². The summed E-state index contributed by atoms with van der Waals surface area (Å²) in [6.45, 7) is 1.83. The van der Waals surface area contributed by atoms with Gasteiger partial charge in [-0.1, -0.05) is 36.8 Å². The molecule has 2 aliphatic carbocycles. The molecule has 5 rings (SSSR count). The highest BCUT2D eigenvalue weighted by Crippen LogP contribution is 2.44. The third-order valence-corrected chi connectivity index (χ3v) is 6.05. The van der Waals surface area contributed by atoms with Crippen LogP contribution in [0, 0.1) is 16.0 Å². The van der Waals surface area contributed by atoms with Crippen LogP contribution in [0.4, 0.5) is 5.69 Å². The van der Waals surface area contributed by atoms with Crippen molar-refractivity contribution in [2.24, 2.45) is 10.9 Å². The minimum Gasteiger partial charge on any atom is -0.258 e. The van der Waals surface area contributed by atoms with Crippen LogP contribution < -0.4 is 0 Å². The Kier molecular flexibility index (Phi) is 3.97. The second-order valence-corrected chi connectivity index (χ2v) is 7.84. The highest BCUT2D eigenvalue weighted by molar-refractivity contribution is 6.32. The zero-order valence-electron chi connectivity index (χ0n) is 15.8. The van der Waals surface area contributed by atoms with Gasteiger partial charge >= 0.3 is 0 Å². The van der Waals surface area contributed by atoms with Gasteiger partial charge in [-0.2, -0.15) is 0 Å². The first-order chi connectivity index (χ1) is 13.6. The van der Waals surface area contributed by atoms with E-state index in [9.17, 15) is 10.1 Å². The molecule has 1 fully saturated rings. The number of hydrogen-bond acceptors (Lipinski definition) is 4. The highest BCUT2D eigenvalue weighted by Gasteiger charge is 2.38. The van der Waals surface area contributed by atoms with Gasteiger partial charge in [0, 0.05) is 40.8 Å². The van der Waals surface area contributed by atoms with Crippen LogP contribution in [0.2, 0.25) is 0 Å². The highest BCUT2D eigenvalue weighted by atomic mass is 16.6. The average molecular weight is 371 g/mol. The average Bonchev–Trinajstić information content (AvgIpc) is 3.00. The van der Waals surface area contributed by atoms with Gasteiger partial charge in [-0.3, -0.25) is 20.1 Å². The van der Waals surface area contributed by atoms with Crippen molar-refractivity contribution < 1.29 is 4.92 Å². The van der Waals surface area contributed by atoms with Gasteiger partial charge in [0.25, 0.3) is 5.70 Å². The molecule has 2 aromatic rings. The Labute approximate surface area is 163 Å². The molecule has 1 aromatic carbocycles. The number of para-hydroxylation sites is 1. The predicted molar refractivity (Wildman–Crippen MR) is 109 cm³/mol. The maximum atomic E-state index is 11.8. The molecule has 1 aromatic heterocycles. The Bertz CT molecular complexity index is 1080. The Morgan fingerprint density at radius 1 is 1.14 bits per heavy atom. The number of nitrogens with zero attached hydrogens (tertiary/aromatic N) is 3. The third kappa shape index (κ3) is 2.70. The zero-order chi connectivity index (χ0) is 19.3. The van der Waals surface area contributed by atoms with E-state index in [1.54, 1.807) is 0 Å². The molecule has 1 atom stereocenters. The van der Waals surface area contributed by atoms with Crippen molar-refractivity contribution >= 4 is 17.0 Å². The van der Waals surface area contributed by atoms with Crippen molar-refractivity contribution in [1.82, 2.24) is 4.98 Å². The number of hydrogen-bond donors (Lipinski definition) is 0. The lowest BCUT2D eigenvalue weighted by atomic mass is 9.81. The molecule has 140 valence electrons. The summed E-state index contributed by atoms with van der Waals surface area (Å²) in [5, 5.41) is 11.8. The molecule has 1 aliphatic heterocycles. The summed E-state index contributed by atoms with van der Waals surface area (Å²) in [5.74, 6) is 0.587. The summed E-state index contributed by atoms with van der Waals surface area (Å²) in [6.07, 6.45) is 6.43. The van der Waals surface area contributed by atoms with Crippen molar-refractivity contribution in [2.75, 3.05) is 0 Å². The Hall–Kier alpha value is -3.08. The molecule has 0 radical (unpaired) electrons. The number of fused-ring (bicyclic) bond motifs is 3. The molecule has 5 heteroatoms. The molecule has 3 aliphatic rings. The standard InChI is InChI=1S/C23H21N3O2/c1-14-12-16(13-17-8-5-11-19(24-17)15-6-4-7-15)22-21(23(14)26(27)28)18-9-2-3-10-20(18)25-22/h2-3,5,8-12,15-16H,4,6-7,13H2,1H3. The second-order valence-electron chi connectivity index (χ2n) is 7.84. The smallest absolute Gasteiger partial charge is 0.258 e. The quantitative estimate of drug-likeness (QED) is 0.545. The Balaban J connectivity index is 1.54. The van der Waals surface area contributed by atoms with Gasteiger partial charge in [0.1, 0.15) is 0 Å². The number of nitro groups is 1. The molecule has 0 amide bonds. The fourth-order valence-corrected chi connectivity index (χ4v) is 4.44. The molecule has 1 saturated carbocycles. The van der Waals surface area contributed by atoms with E-state index in [4.69, 9.17) is 9.98 Å². The molecular formula is C23H21N3O2. The van der Waals surface area contributed by atoms with Crippen LogP contribution in [0.25, 0.3) is 5.57 Å². The van der Waals surface area contributed by atoms with Gasteiger partial charge < -0.3 is 0 Å². The first-order valence-corrected chi connectivity index (χ1v) is 9.83. The number of benzene rings is 1. The molecule has 1 unspecified atom stereocenters. The van der Waals surface area contributed by atoms with E-state index in [1.165, 1.54) is 25.0 Å². The van der Waals surface area contributed by atoms with Gasteiger partial charge in [-0.25, -0.2) is 0 Å². The third-order valence-electron chi connectivity index (χ3n) is 6.05. The molecule has 0 bridgehead atoms. The van der Waals surface area contributed by atoms with Gasteiger partial charge in [-0.05, 0) is 38.0 Å². The summed E-state index contributed by atoms with van der Waals surface area (Å²) in [6, 6.07) is 13.9. The van der Waals surface area contributed by atoms with Gasteiger partial charge in [0.2, 0.25) is 0 Å². The van der Waals surface area contributed by atoms with Crippen molar-refractivity contribution in [3.63, 3.8) is 0 Å². The largest absolute Gasteiger partial charge is 0.281 e. The first-order valence-electron chi connectivity index (χ1n) is 9.83. The fraction of sp³-hybridized carbons (Fsp3) is 0.304. The van der Waals surface area contributed by atoms with E-state index in [2.05, 4.69) is 18.2 Å². The van der Waals surface area contributed by atoms with Crippen LogP contribution in [-0.4, -0.2) is 15.6 Å². The summed E-state index contributed by atoms with van der Waals surface area (Å²) >= 11 is 0. The van der Waals surface area contributed by atoms with Gasteiger partial charge in [0.05, 0.1) is 21.9 Å². The normalized spacial score (nSPS) is 20.8. The number of pyridine rings is 1. The molecule has 2 heterocycles. The van der Waals surface area contributed by atoms with E-state index >= 15 is 0 Å². The van der Waals surface area contributed by atoms with E-state index in [1.807, 2.05) is 37.3 Å². The monoisotopic (exact) mass is 371 g/mol. The molecule has 0 N–H and O–H groups in total. The minimum atomic E-state index is -0.273.